The van der Waals surface area contributed by atoms with Crippen LogP contribution >= 0.6 is 11.3 Å². The molecule has 1 aromatic carbocycles. The van der Waals surface area contributed by atoms with Gasteiger partial charge in [-0.05, 0) is 55.8 Å². The standard InChI is InChI=1S/C22H31N3O3S2/c1-3-25(4-2)30(27,28)21-13-12-20(29-21)16-23-22(26)19-10-8-18(9-11-19)17-24-14-6-5-7-15-24/h8-13H,3-7,14-17H2,1-2H3,(H,23,26). The fraction of sp³-hybridized carbons (Fsp3) is 0.500. The van der Waals surface area contributed by atoms with Crippen molar-refractivity contribution in [3.05, 3.63) is 52.4 Å². The number of nitrogens with zero attached hydrogens (tertiary/aromatic N) is 2. The fourth-order valence-electron chi connectivity index (χ4n) is 3.69. The number of likely N-dealkylation sites (tertiary alicyclic amines) is 1. The smallest absolute Gasteiger partial charge is 0.252 e. The Hall–Kier alpha value is -1.74. The predicted octanol–water partition coefficient (Wildman–Crippen LogP) is 3.69. The first kappa shape index (κ1) is 22.9. The Morgan fingerprint density at radius 2 is 1.70 bits per heavy atom. The lowest BCUT2D eigenvalue weighted by atomic mass is 10.1. The number of hydrogen-bond acceptors (Lipinski definition) is 5. The Morgan fingerprint density at radius 1 is 1.03 bits per heavy atom. The Balaban J connectivity index is 1.55. The maximum absolute atomic E-state index is 12.6. The second-order valence-electron chi connectivity index (χ2n) is 7.53. The SMILES string of the molecule is CCN(CC)S(=O)(=O)c1ccc(CNC(=O)c2ccc(CN3CCCCC3)cc2)s1. The Morgan fingerprint density at radius 3 is 2.33 bits per heavy atom. The summed E-state index contributed by atoms with van der Waals surface area (Å²) in [6.45, 7) is 8.08. The summed E-state index contributed by atoms with van der Waals surface area (Å²) in [5.74, 6) is -0.152. The molecule has 0 unspecified atom stereocenters. The molecule has 0 bridgehead atoms. The molecule has 30 heavy (non-hydrogen) atoms. The van der Waals surface area contributed by atoms with Crippen LogP contribution in [-0.4, -0.2) is 49.7 Å². The molecule has 1 N–H and O–H groups in total. The number of amides is 1. The molecule has 0 atom stereocenters. The van der Waals surface area contributed by atoms with Gasteiger partial charge in [0.05, 0.1) is 6.54 Å². The molecule has 164 valence electrons. The summed E-state index contributed by atoms with van der Waals surface area (Å²) < 4.78 is 26.9. The number of rotatable bonds is 9. The number of thiophene rings is 1. The lowest BCUT2D eigenvalue weighted by Crippen LogP contribution is -2.30. The van der Waals surface area contributed by atoms with E-state index in [4.69, 9.17) is 0 Å². The number of nitrogens with one attached hydrogen (secondary N) is 1. The van der Waals surface area contributed by atoms with Gasteiger partial charge in [0.2, 0.25) is 0 Å². The normalized spacial score (nSPS) is 15.4. The lowest BCUT2D eigenvalue weighted by molar-refractivity contribution is 0.0951. The topological polar surface area (TPSA) is 69.7 Å². The van der Waals surface area contributed by atoms with Crippen LogP contribution in [0.25, 0.3) is 0 Å². The molecule has 0 radical (unpaired) electrons. The predicted molar refractivity (Wildman–Crippen MR) is 121 cm³/mol. The zero-order valence-corrected chi connectivity index (χ0v) is 19.4. The Bertz CT molecular complexity index is 929. The highest BCUT2D eigenvalue weighted by Gasteiger charge is 2.23. The van der Waals surface area contributed by atoms with Crippen molar-refractivity contribution in [2.45, 2.75) is 50.4 Å². The molecule has 1 saturated heterocycles. The zero-order chi connectivity index (χ0) is 21.6. The number of hydrogen-bond donors (Lipinski definition) is 1. The molecule has 0 saturated carbocycles. The van der Waals surface area contributed by atoms with Crippen molar-refractivity contribution in [3.8, 4) is 0 Å². The second kappa shape index (κ2) is 10.5. The quantitative estimate of drug-likeness (QED) is 0.634. The van der Waals surface area contributed by atoms with Crippen molar-refractivity contribution in [3.63, 3.8) is 0 Å². The van der Waals surface area contributed by atoms with Gasteiger partial charge < -0.3 is 5.32 Å². The summed E-state index contributed by atoms with van der Waals surface area (Å²) >= 11 is 1.21. The highest BCUT2D eigenvalue weighted by Crippen LogP contribution is 2.25. The van der Waals surface area contributed by atoms with Crippen LogP contribution in [0.1, 0.15) is 53.9 Å². The highest BCUT2D eigenvalue weighted by atomic mass is 32.2. The maximum Gasteiger partial charge on any atom is 0.252 e. The van der Waals surface area contributed by atoms with Gasteiger partial charge in [-0.2, -0.15) is 4.31 Å². The summed E-state index contributed by atoms with van der Waals surface area (Å²) in [5, 5.41) is 2.89. The van der Waals surface area contributed by atoms with Gasteiger partial charge >= 0.3 is 0 Å². The molecule has 1 aliphatic heterocycles. The van der Waals surface area contributed by atoms with E-state index in [9.17, 15) is 13.2 Å². The molecule has 2 heterocycles. The van der Waals surface area contributed by atoms with Crippen LogP contribution in [0.2, 0.25) is 0 Å². The number of benzene rings is 1. The molecule has 1 aliphatic rings. The van der Waals surface area contributed by atoms with Gasteiger partial charge in [0.15, 0.2) is 0 Å². The summed E-state index contributed by atoms with van der Waals surface area (Å²) in [6.07, 6.45) is 3.85. The molecule has 6 nitrogen and oxygen atoms in total. The third-order valence-corrected chi connectivity index (χ3v) is 9.03. The number of carbonyl (C=O) groups excluding carboxylic acids is 1. The lowest BCUT2D eigenvalue weighted by Gasteiger charge is -2.26. The second-order valence-corrected chi connectivity index (χ2v) is 10.9. The summed E-state index contributed by atoms with van der Waals surface area (Å²) in [7, 11) is -3.45. The van der Waals surface area contributed by atoms with Crippen molar-refractivity contribution in [1.29, 1.82) is 0 Å². The molecule has 8 heteroatoms. The molecule has 3 rings (SSSR count). The van der Waals surface area contributed by atoms with Crippen molar-refractivity contribution >= 4 is 27.3 Å². The molecular formula is C22H31N3O3S2. The third-order valence-electron chi connectivity index (χ3n) is 5.43. The molecule has 0 spiro atoms. The van der Waals surface area contributed by atoms with E-state index in [0.717, 1.165) is 24.5 Å². The minimum Gasteiger partial charge on any atom is -0.347 e. The van der Waals surface area contributed by atoms with Crippen molar-refractivity contribution in [2.24, 2.45) is 0 Å². The van der Waals surface area contributed by atoms with Crippen LogP contribution in [-0.2, 0) is 23.1 Å². The van der Waals surface area contributed by atoms with E-state index >= 15 is 0 Å². The Labute approximate surface area is 183 Å². The average molecular weight is 450 g/mol. The van der Waals surface area contributed by atoms with E-state index in [2.05, 4.69) is 10.2 Å². The number of piperidine rings is 1. The van der Waals surface area contributed by atoms with E-state index in [-0.39, 0.29) is 5.91 Å². The van der Waals surface area contributed by atoms with Crippen molar-refractivity contribution in [1.82, 2.24) is 14.5 Å². The number of sulfonamides is 1. The van der Waals surface area contributed by atoms with Crippen molar-refractivity contribution < 1.29 is 13.2 Å². The molecule has 1 amide bonds. The van der Waals surface area contributed by atoms with Crippen LogP contribution in [0, 0.1) is 0 Å². The van der Waals surface area contributed by atoms with E-state index in [1.165, 1.54) is 40.5 Å². The van der Waals surface area contributed by atoms with Gasteiger partial charge in [0, 0.05) is 30.1 Å². The van der Waals surface area contributed by atoms with Crippen molar-refractivity contribution in [2.75, 3.05) is 26.2 Å². The van der Waals surface area contributed by atoms with Crippen LogP contribution in [0.15, 0.2) is 40.6 Å². The minimum atomic E-state index is -3.45. The monoisotopic (exact) mass is 449 g/mol. The van der Waals surface area contributed by atoms with Gasteiger partial charge in [-0.3, -0.25) is 9.69 Å². The van der Waals surface area contributed by atoms with E-state index in [1.807, 2.05) is 38.1 Å². The van der Waals surface area contributed by atoms with Crippen LogP contribution in [0.5, 0.6) is 0 Å². The first-order valence-corrected chi connectivity index (χ1v) is 12.9. The van der Waals surface area contributed by atoms with Gasteiger partial charge in [-0.1, -0.05) is 32.4 Å². The largest absolute Gasteiger partial charge is 0.347 e. The molecule has 1 aromatic heterocycles. The summed E-state index contributed by atoms with van der Waals surface area (Å²) in [5.41, 5.74) is 1.84. The highest BCUT2D eigenvalue weighted by molar-refractivity contribution is 7.91. The van der Waals surface area contributed by atoms with Gasteiger partial charge in [0.1, 0.15) is 4.21 Å². The molecule has 2 aromatic rings. The first-order chi connectivity index (χ1) is 14.4. The summed E-state index contributed by atoms with van der Waals surface area (Å²) in [6, 6.07) is 11.1. The van der Waals surface area contributed by atoms with Crippen LogP contribution in [0.3, 0.4) is 0 Å². The van der Waals surface area contributed by atoms with Gasteiger partial charge in [0.25, 0.3) is 15.9 Å². The number of carbonyl (C=O) groups is 1. The Kier molecular flexibility index (Phi) is 8.05. The van der Waals surface area contributed by atoms with E-state index < -0.39 is 10.0 Å². The van der Waals surface area contributed by atoms with E-state index in [0.29, 0.717) is 29.4 Å². The third kappa shape index (κ3) is 5.69. The zero-order valence-electron chi connectivity index (χ0n) is 17.8. The average Bonchev–Trinajstić information content (AvgIpc) is 3.24. The molecule has 1 fully saturated rings. The van der Waals surface area contributed by atoms with Gasteiger partial charge in [-0.25, -0.2) is 8.42 Å². The first-order valence-electron chi connectivity index (χ1n) is 10.6. The van der Waals surface area contributed by atoms with E-state index in [1.54, 1.807) is 12.1 Å². The summed E-state index contributed by atoms with van der Waals surface area (Å²) in [4.78, 5) is 15.8. The fourth-order valence-corrected chi connectivity index (χ4v) is 6.60. The maximum atomic E-state index is 12.6. The minimum absolute atomic E-state index is 0.152. The van der Waals surface area contributed by atoms with Crippen LogP contribution in [0.4, 0.5) is 0 Å². The van der Waals surface area contributed by atoms with Crippen LogP contribution < -0.4 is 5.32 Å². The molecule has 0 aliphatic carbocycles. The molecular weight excluding hydrogens is 418 g/mol. The van der Waals surface area contributed by atoms with Gasteiger partial charge in [-0.15, -0.1) is 11.3 Å².